The molecule has 2 rings (SSSR count). The summed E-state index contributed by atoms with van der Waals surface area (Å²) < 4.78 is 2.12. The monoisotopic (exact) mass is 277 g/mol. The van der Waals surface area contributed by atoms with Gasteiger partial charge in [-0.3, -0.25) is 0 Å². The Morgan fingerprint density at radius 2 is 2.00 bits per heavy atom. The average Bonchev–Trinajstić information content (AvgIpc) is 2.85. The zero-order chi connectivity index (χ0) is 14.0. The van der Waals surface area contributed by atoms with E-state index in [0.717, 1.165) is 16.3 Å². The molecule has 2 aromatic rings. The van der Waals surface area contributed by atoms with Crippen LogP contribution in [0.1, 0.15) is 44.1 Å². The number of nitrogens with zero attached hydrogens (tertiary/aromatic N) is 2. The van der Waals surface area contributed by atoms with Gasteiger partial charge in [-0.15, -0.1) is 0 Å². The third-order valence-electron chi connectivity index (χ3n) is 3.50. The van der Waals surface area contributed by atoms with Crippen LogP contribution in [0.4, 0.5) is 0 Å². The molecular formula is C15H20ClN3. The molecule has 0 amide bonds. The summed E-state index contributed by atoms with van der Waals surface area (Å²) in [6.07, 6.45) is 3.69. The van der Waals surface area contributed by atoms with Gasteiger partial charge in [0.25, 0.3) is 0 Å². The van der Waals surface area contributed by atoms with Gasteiger partial charge < -0.3 is 10.3 Å². The zero-order valence-corrected chi connectivity index (χ0v) is 12.3. The number of benzene rings is 1. The molecule has 0 radical (unpaired) electrons. The molecule has 2 atom stereocenters. The Balaban J connectivity index is 2.35. The fraction of sp³-hybridized carbons (Fsp3) is 0.400. The van der Waals surface area contributed by atoms with Crippen LogP contribution in [0.2, 0.25) is 5.02 Å². The molecule has 0 aliphatic carbocycles. The molecule has 2 unspecified atom stereocenters. The Kier molecular flexibility index (Phi) is 4.27. The maximum absolute atomic E-state index is 6.24. The first-order valence-corrected chi connectivity index (χ1v) is 6.91. The van der Waals surface area contributed by atoms with Crippen LogP contribution in [-0.4, -0.2) is 9.55 Å². The second-order valence-corrected chi connectivity index (χ2v) is 5.66. The molecule has 0 bridgehead atoms. The normalized spacial score (nSPS) is 14.6. The smallest absolute Gasteiger partial charge is 0.0954 e. The third kappa shape index (κ3) is 2.99. The summed E-state index contributed by atoms with van der Waals surface area (Å²) in [5, 5.41) is 0.749. The molecule has 0 aliphatic rings. The van der Waals surface area contributed by atoms with Gasteiger partial charge in [0, 0.05) is 17.3 Å². The van der Waals surface area contributed by atoms with E-state index in [0.29, 0.717) is 5.92 Å². The summed E-state index contributed by atoms with van der Waals surface area (Å²) in [5.41, 5.74) is 8.46. The largest absolute Gasteiger partial charge is 0.326 e. The van der Waals surface area contributed by atoms with Crippen LogP contribution in [-0.2, 0) is 0 Å². The standard InChI is InChI=1S/C15H20ClN3/c1-10(2)15(17)14-8-18-9-19(14)11(3)12-5-4-6-13(16)7-12/h4-11,15H,17H2,1-3H3. The maximum Gasteiger partial charge on any atom is 0.0954 e. The van der Waals surface area contributed by atoms with Gasteiger partial charge in [-0.1, -0.05) is 37.6 Å². The summed E-state index contributed by atoms with van der Waals surface area (Å²) in [6, 6.07) is 8.06. The molecule has 102 valence electrons. The summed E-state index contributed by atoms with van der Waals surface area (Å²) in [7, 11) is 0. The van der Waals surface area contributed by atoms with E-state index in [1.165, 1.54) is 0 Å². The Bertz CT molecular complexity index is 548. The number of nitrogens with two attached hydrogens (primary N) is 1. The Morgan fingerprint density at radius 3 is 2.63 bits per heavy atom. The summed E-state index contributed by atoms with van der Waals surface area (Å²) in [4.78, 5) is 4.24. The molecule has 0 saturated carbocycles. The van der Waals surface area contributed by atoms with E-state index in [1.54, 1.807) is 0 Å². The van der Waals surface area contributed by atoms with E-state index in [4.69, 9.17) is 17.3 Å². The quantitative estimate of drug-likeness (QED) is 0.924. The van der Waals surface area contributed by atoms with Crippen molar-refractivity contribution in [2.75, 3.05) is 0 Å². The first kappa shape index (κ1) is 14.1. The third-order valence-corrected chi connectivity index (χ3v) is 3.74. The molecule has 0 saturated heterocycles. The highest BCUT2D eigenvalue weighted by Gasteiger charge is 2.18. The molecule has 1 heterocycles. The van der Waals surface area contributed by atoms with Crippen molar-refractivity contribution in [2.45, 2.75) is 32.9 Å². The number of halogens is 1. The average molecular weight is 278 g/mol. The van der Waals surface area contributed by atoms with Crippen LogP contribution in [0.25, 0.3) is 0 Å². The number of hydrogen-bond acceptors (Lipinski definition) is 2. The van der Waals surface area contributed by atoms with Crippen molar-refractivity contribution >= 4 is 11.6 Å². The van der Waals surface area contributed by atoms with Crippen molar-refractivity contribution in [1.82, 2.24) is 9.55 Å². The lowest BCUT2D eigenvalue weighted by Crippen LogP contribution is -2.22. The van der Waals surface area contributed by atoms with Crippen LogP contribution in [0.5, 0.6) is 0 Å². The predicted octanol–water partition coefficient (Wildman–Crippen LogP) is 3.80. The number of hydrogen-bond donors (Lipinski definition) is 1. The van der Waals surface area contributed by atoms with Crippen molar-refractivity contribution in [3.05, 3.63) is 53.1 Å². The molecule has 0 aliphatic heterocycles. The lowest BCUT2D eigenvalue weighted by Gasteiger charge is -2.22. The minimum absolute atomic E-state index is 0.0101. The van der Waals surface area contributed by atoms with Gasteiger partial charge in [-0.25, -0.2) is 4.98 Å². The maximum atomic E-state index is 6.24. The first-order valence-electron chi connectivity index (χ1n) is 6.53. The van der Waals surface area contributed by atoms with E-state index < -0.39 is 0 Å². The van der Waals surface area contributed by atoms with E-state index in [1.807, 2.05) is 30.7 Å². The van der Waals surface area contributed by atoms with Gasteiger partial charge >= 0.3 is 0 Å². The Morgan fingerprint density at radius 1 is 1.26 bits per heavy atom. The zero-order valence-electron chi connectivity index (χ0n) is 11.5. The summed E-state index contributed by atoms with van der Waals surface area (Å²) >= 11 is 6.05. The minimum atomic E-state index is -0.0101. The molecule has 0 fully saturated rings. The van der Waals surface area contributed by atoms with E-state index in [2.05, 4.69) is 36.4 Å². The molecule has 4 heteroatoms. The second-order valence-electron chi connectivity index (χ2n) is 5.23. The molecule has 1 aromatic heterocycles. The van der Waals surface area contributed by atoms with Crippen LogP contribution in [0, 0.1) is 5.92 Å². The first-order chi connectivity index (χ1) is 9.00. The summed E-state index contributed by atoms with van der Waals surface area (Å²) in [6.45, 7) is 6.36. The van der Waals surface area contributed by atoms with E-state index >= 15 is 0 Å². The van der Waals surface area contributed by atoms with Gasteiger partial charge in [0.2, 0.25) is 0 Å². The SMILES string of the molecule is CC(C)C(N)c1cncn1C(C)c1cccc(Cl)c1. The number of imidazole rings is 1. The lowest BCUT2D eigenvalue weighted by atomic mass is 10.0. The number of rotatable bonds is 4. The van der Waals surface area contributed by atoms with Crippen LogP contribution < -0.4 is 5.73 Å². The minimum Gasteiger partial charge on any atom is -0.326 e. The highest BCUT2D eigenvalue weighted by atomic mass is 35.5. The molecule has 0 spiro atoms. The van der Waals surface area contributed by atoms with Gasteiger partial charge in [-0.05, 0) is 30.5 Å². The van der Waals surface area contributed by atoms with Gasteiger partial charge in [0.1, 0.15) is 0 Å². The fourth-order valence-corrected chi connectivity index (χ4v) is 2.36. The highest BCUT2D eigenvalue weighted by Crippen LogP contribution is 2.26. The molecular weight excluding hydrogens is 258 g/mol. The van der Waals surface area contributed by atoms with Crippen molar-refractivity contribution in [3.63, 3.8) is 0 Å². The second kappa shape index (κ2) is 5.76. The highest BCUT2D eigenvalue weighted by molar-refractivity contribution is 6.30. The van der Waals surface area contributed by atoms with Crippen LogP contribution >= 0.6 is 11.6 Å². The lowest BCUT2D eigenvalue weighted by molar-refractivity contribution is 0.468. The molecule has 2 N–H and O–H groups in total. The van der Waals surface area contributed by atoms with Crippen molar-refractivity contribution in [1.29, 1.82) is 0 Å². The van der Waals surface area contributed by atoms with Crippen molar-refractivity contribution < 1.29 is 0 Å². The molecule has 1 aromatic carbocycles. The molecule has 19 heavy (non-hydrogen) atoms. The van der Waals surface area contributed by atoms with Crippen molar-refractivity contribution in [3.8, 4) is 0 Å². The van der Waals surface area contributed by atoms with Gasteiger partial charge in [-0.2, -0.15) is 0 Å². The number of aromatic nitrogens is 2. The summed E-state index contributed by atoms with van der Waals surface area (Å²) in [5.74, 6) is 0.377. The Hall–Kier alpha value is -1.32. The van der Waals surface area contributed by atoms with Crippen LogP contribution in [0.15, 0.2) is 36.8 Å². The van der Waals surface area contributed by atoms with Gasteiger partial charge in [0.15, 0.2) is 0 Å². The molecule has 3 nitrogen and oxygen atoms in total. The van der Waals surface area contributed by atoms with E-state index in [9.17, 15) is 0 Å². The predicted molar refractivity (Wildman–Crippen MR) is 79.3 cm³/mol. The topological polar surface area (TPSA) is 43.8 Å². The van der Waals surface area contributed by atoms with E-state index in [-0.39, 0.29) is 12.1 Å². The van der Waals surface area contributed by atoms with Gasteiger partial charge in [0.05, 0.1) is 18.1 Å². The fourth-order valence-electron chi connectivity index (χ4n) is 2.17. The van der Waals surface area contributed by atoms with Crippen molar-refractivity contribution in [2.24, 2.45) is 11.7 Å². The Labute approximate surface area is 119 Å². The van der Waals surface area contributed by atoms with Crippen LogP contribution in [0.3, 0.4) is 0 Å².